The molecule has 0 aromatic heterocycles. The lowest BCUT2D eigenvalue weighted by Gasteiger charge is -2.16. The van der Waals surface area contributed by atoms with Gasteiger partial charge in [-0.05, 0) is 36.1 Å². The van der Waals surface area contributed by atoms with E-state index in [4.69, 9.17) is 4.74 Å². The number of benzene rings is 2. The van der Waals surface area contributed by atoms with Gasteiger partial charge in [0.2, 0.25) is 0 Å². The molecule has 2 aromatic rings. The van der Waals surface area contributed by atoms with Crippen LogP contribution >= 0.6 is 11.8 Å². The van der Waals surface area contributed by atoms with Crippen molar-refractivity contribution in [3.8, 4) is 5.75 Å². The summed E-state index contributed by atoms with van der Waals surface area (Å²) in [5.41, 5.74) is 0.752. The number of rotatable bonds is 5. The van der Waals surface area contributed by atoms with Crippen molar-refractivity contribution in [3.05, 3.63) is 60.2 Å². The minimum atomic E-state index is -3.40. The summed E-state index contributed by atoms with van der Waals surface area (Å²) in [6, 6.07) is 15.7. The van der Waals surface area contributed by atoms with Crippen LogP contribution in [0.4, 0.5) is 0 Å². The Morgan fingerprint density at radius 2 is 1.60 bits per heavy atom. The molecule has 2 rings (SSSR count). The van der Waals surface area contributed by atoms with Gasteiger partial charge in [0.05, 0.1) is 12.0 Å². The molecule has 1 atom stereocenters. The standard InChI is InChI=1S/C15H16O3S2/c1-18-13-10-8-12(9-11-13)15(19-2)20(16,17)14-6-4-3-5-7-14/h3-11,15H,1-2H3. The summed E-state index contributed by atoms with van der Waals surface area (Å²) in [6.45, 7) is 0. The lowest BCUT2D eigenvalue weighted by atomic mass is 10.2. The lowest BCUT2D eigenvalue weighted by Crippen LogP contribution is -2.10. The third kappa shape index (κ3) is 2.99. The second-order valence-corrected chi connectivity index (χ2v) is 7.47. The quantitative estimate of drug-likeness (QED) is 0.847. The normalized spacial score (nSPS) is 12.9. The van der Waals surface area contributed by atoms with Gasteiger partial charge in [0, 0.05) is 0 Å². The fourth-order valence-corrected chi connectivity index (χ4v) is 5.01. The first kappa shape index (κ1) is 14.9. The summed E-state index contributed by atoms with van der Waals surface area (Å²) in [4.78, 5) is 0.343. The first-order valence-corrected chi connectivity index (χ1v) is 8.88. The third-order valence-electron chi connectivity index (χ3n) is 2.96. The van der Waals surface area contributed by atoms with Crippen LogP contribution in [0.15, 0.2) is 59.5 Å². The van der Waals surface area contributed by atoms with Crippen molar-refractivity contribution >= 4 is 21.6 Å². The molecule has 0 saturated carbocycles. The molecule has 5 heteroatoms. The van der Waals surface area contributed by atoms with Gasteiger partial charge < -0.3 is 4.74 Å². The second kappa shape index (κ2) is 6.33. The zero-order chi connectivity index (χ0) is 14.6. The van der Waals surface area contributed by atoms with E-state index in [1.807, 2.05) is 0 Å². The van der Waals surface area contributed by atoms with Crippen LogP contribution in [0.25, 0.3) is 0 Å². The van der Waals surface area contributed by atoms with Gasteiger partial charge in [-0.25, -0.2) is 8.42 Å². The predicted octanol–water partition coefficient (Wildman–Crippen LogP) is 3.53. The molecule has 0 bridgehead atoms. The minimum absolute atomic E-state index is 0.343. The van der Waals surface area contributed by atoms with Crippen LogP contribution in [-0.4, -0.2) is 21.8 Å². The molecule has 0 aliphatic heterocycles. The molecule has 0 spiro atoms. The van der Waals surface area contributed by atoms with E-state index in [0.29, 0.717) is 10.6 Å². The van der Waals surface area contributed by atoms with Gasteiger partial charge in [-0.15, -0.1) is 11.8 Å². The van der Waals surface area contributed by atoms with Gasteiger partial charge in [0.15, 0.2) is 9.84 Å². The molecule has 1 unspecified atom stereocenters. The van der Waals surface area contributed by atoms with Crippen LogP contribution in [-0.2, 0) is 9.84 Å². The van der Waals surface area contributed by atoms with Crippen molar-refractivity contribution < 1.29 is 13.2 Å². The molecular weight excluding hydrogens is 292 g/mol. The van der Waals surface area contributed by atoms with Crippen molar-refractivity contribution in [3.63, 3.8) is 0 Å². The van der Waals surface area contributed by atoms with Crippen molar-refractivity contribution in [2.75, 3.05) is 13.4 Å². The fourth-order valence-electron chi connectivity index (χ4n) is 1.94. The highest BCUT2D eigenvalue weighted by atomic mass is 32.3. The average Bonchev–Trinajstić information content (AvgIpc) is 2.49. The van der Waals surface area contributed by atoms with E-state index in [1.54, 1.807) is 68.0 Å². The van der Waals surface area contributed by atoms with Crippen LogP contribution in [0.1, 0.15) is 10.1 Å². The molecule has 20 heavy (non-hydrogen) atoms. The molecule has 0 heterocycles. The van der Waals surface area contributed by atoms with Gasteiger partial charge in [-0.1, -0.05) is 30.3 Å². The van der Waals surface area contributed by atoms with E-state index < -0.39 is 14.4 Å². The molecule has 3 nitrogen and oxygen atoms in total. The highest BCUT2D eigenvalue weighted by Crippen LogP contribution is 2.37. The van der Waals surface area contributed by atoms with Gasteiger partial charge in [-0.2, -0.15) is 0 Å². The largest absolute Gasteiger partial charge is 0.497 e. The Hall–Kier alpha value is -1.46. The first-order valence-electron chi connectivity index (χ1n) is 6.05. The SMILES string of the molecule is COc1ccc(C(SC)S(=O)(=O)c2ccccc2)cc1. The Bertz CT molecular complexity index is 649. The number of thioether (sulfide) groups is 1. The van der Waals surface area contributed by atoms with Crippen molar-refractivity contribution in [2.24, 2.45) is 0 Å². The van der Waals surface area contributed by atoms with Crippen molar-refractivity contribution in [1.29, 1.82) is 0 Å². The summed E-state index contributed by atoms with van der Waals surface area (Å²) in [6.07, 6.45) is 1.80. The molecule has 0 radical (unpaired) electrons. The van der Waals surface area contributed by atoms with Crippen LogP contribution in [0.5, 0.6) is 5.75 Å². The zero-order valence-corrected chi connectivity index (χ0v) is 12.9. The molecule has 0 aliphatic carbocycles. The summed E-state index contributed by atoms with van der Waals surface area (Å²) in [5, 5.41) is 0. The Morgan fingerprint density at radius 1 is 1.00 bits per heavy atom. The van der Waals surface area contributed by atoms with E-state index >= 15 is 0 Å². The van der Waals surface area contributed by atoms with Gasteiger partial charge in [0.25, 0.3) is 0 Å². The Balaban J connectivity index is 2.41. The van der Waals surface area contributed by atoms with Crippen LogP contribution in [0, 0.1) is 0 Å². The molecule has 0 amide bonds. The lowest BCUT2D eigenvalue weighted by molar-refractivity contribution is 0.414. The van der Waals surface area contributed by atoms with Crippen LogP contribution in [0.3, 0.4) is 0 Å². The zero-order valence-electron chi connectivity index (χ0n) is 11.3. The molecule has 0 saturated heterocycles. The molecule has 2 aromatic carbocycles. The monoisotopic (exact) mass is 308 g/mol. The van der Waals surface area contributed by atoms with Gasteiger partial charge in [-0.3, -0.25) is 0 Å². The molecule has 106 valence electrons. The van der Waals surface area contributed by atoms with Crippen LogP contribution in [0.2, 0.25) is 0 Å². The molecular formula is C15H16O3S2. The molecule has 0 N–H and O–H groups in total. The van der Waals surface area contributed by atoms with E-state index in [2.05, 4.69) is 0 Å². The van der Waals surface area contributed by atoms with Crippen molar-refractivity contribution in [1.82, 2.24) is 0 Å². The van der Waals surface area contributed by atoms with Gasteiger partial charge in [0.1, 0.15) is 10.3 Å². The summed E-state index contributed by atoms with van der Waals surface area (Å²) < 4.78 is 29.8. The smallest absolute Gasteiger partial charge is 0.194 e. The highest BCUT2D eigenvalue weighted by Gasteiger charge is 2.28. The highest BCUT2D eigenvalue weighted by molar-refractivity contribution is 8.12. The number of sulfone groups is 1. The molecule has 0 fully saturated rings. The predicted molar refractivity (Wildman–Crippen MR) is 82.9 cm³/mol. The van der Waals surface area contributed by atoms with E-state index in [1.165, 1.54) is 11.8 Å². The summed E-state index contributed by atoms with van der Waals surface area (Å²) in [7, 11) is -1.82. The third-order valence-corrected chi connectivity index (χ3v) is 6.76. The van der Waals surface area contributed by atoms with E-state index in [-0.39, 0.29) is 0 Å². The second-order valence-electron chi connectivity index (χ2n) is 4.20. The molecule has 0 aliphatic rings. The minimum Gasteiger partial charge on any atom is -0.497 e. The summed E-state index contributed by atoms with van der Waals surface area (Å²) >= 11 is 1.31. The maximum Gasteiger partial charge on any atom is 0.194 e. The number of hydrogen-bond donors (Lipinski definition) is 0. The maximum atomic E-state index is 12.7. The Kier molecular flexibility index (Phi) is 4.73. The van der Waals surface area contributed by atoms with Crippen LogP contribution < -0.4 is 4.74 Å². The van der Waals surface area contributed by atoms with E-state index in [9.17, 15) is 8.42 Å². The fraction of sp³-hybridized carbons (Fsp3) is 0.200. The van der Waals surface area contributed by atoms with E-state index in [0.717, 1.165) is 5.56 Å². The maximum absolute atomic E-state index is 12.7. The number of methoxy groups -OCH3 is 1. The topological polar surface area (TPSA) is 43.4 Å². The number of ether oxygens (including phenoxy) is 1. The number of hydrogen-bond acceptors (Lipinski definition) is 4. The van der Waals surface area contributed by atoms with Gasteiger partial charge >= 0.3 is 0 Å². The first-order chi connectivity index (χ1) is 9.59. The average molecular weight is 308 g/mol. The summed E-state index contributed by atoms with van der Waals surface area (Å²) in [5.74, 6) is 0.714. The Morgan fingerprint density at radius 3 is 2.10 bits per heavy atom. The van der Waals surface area contributed by atoms with Crippen molar-refractivity contribution in [2.45, 2.75) is 9.48 Å². The Labute approximate surface area is 123 Å².